The van der Waals surface area contributed by atoms with Crippen molar-refractivity contribution in [2.45, 2.75) is 44.0 Å². The second-order valence-electron chi connectivity index (χ2n) is 6.99. The van der Waals surface area contributed by atoms with Gasteiger partial charge in [-0.3, -0.25) is 0 Å². The zero-order valence-corrected chi connectivity index (χ0v) is 19.8. The number of aliphatic imine (C=N–C) groups is 1. The molecule has 29 heavy (non-hydrogen) atoms. The number of hydrogen-bond donors (Lipinski definition) is 2. The summed E-state index contributed by atoms with van der Waals surface area (Å²) in [4.78, 5) is 4.68. The number of sulfonamides is 1. The van der Waals surface area contributed by atoms with E-state index in [9.17, 15) is 8.42 Å². The highest BCUT2D eigenvalue weighted by Crippen LogP contribution is 2.21. The quantitative estimate of drug-likeness (QED) is 0.338. The van der Waals surface area contributed by atoms with Crippen LogP contribution in [0.1, 0.15) is 37.3 Å². The minimum Gasteiger partial charge on any atom is -0.370 e. The Bertz CT molecular complexity index is 941. The van der Waals surface area contributed by atoms with Crippen LogP contribution in [-0.4, -0.2) is 31.8 Å². The van der Waals surface area contributed by atoms with E-state index in [1.807, 2.05) is 24.3 Å². The van der Waals surface area contributed by atoms with Gasteiger partial charge >= 0.3 is 0 Å². The molecule has 158 valence electrons. The Morgan fingerprint density at radius 1 is 1.07 bits per heavy atom. The predicted molar refractivity (Wildman–Crippen MR) is 129 cm³/mol. The van der Waals surface area contributed by atoms with Crippen LogP contribution in [0.2, 0.25) is 0 Å². The van der Waals surface area contributed by atoms with Crippen molar-refractivity contribution >= 4 is 45.6 Å². The van der Waals surface area contributed by atoms with Crippen LogP contribution in [0.3, 0.4) is 0 Å². The largest absolute Gasteiger partial charge is 0.370 e. The number of hydrogen-bond acceptors (Lipinski definition) is 3. The summed E-state index contributed by atoms with van der Waals surface area (Å²) >= 11 is 0. The van der Waals surface area contributed by atoms with Crippen LogP contribution >= 0.6 is 24.0 Å². The Morgan fingerprint density at radius 3 is 2.48 bits per heavy atom. The number of nitrogens with zero attached hydrogens (tertiary/aromatic N) is 2. The molecule has 0 amide bonds. The monoisotopic (exact) mass is 528 g/mol. The molecular formula is C21H29IN4O2S. The summed E-state index contributed by atoms with van der Waals surface area (Å²) in [7, 11) is -3.44. The first-order valence-corrected chi connectivity index (χ1v) is 11.2. The molecule has 3 N–H and O–H groups in total. The van der Waals surface area contributed by atoms with Crippen LogP contribution in [0.15, 0.2) is 58.4 Å². The van der Waals surface area contributed by atoms with E-state index >= 15 is 0 Å². The van der Waals surface area contributed by atoms with Crippen molar-refractivity contribution < 1.29 is 8.42 Å². The van der Waals surface area contributed by atoms with E-state index in [0.29, 0.717) is 30.5 Å². The summed E-state index contributed by atoms with van der Waals surface area (Å²) in [5.41, 5.74) is 8.92. The van der Waals surface area contributed by atoms with Crippen LogP contribution in [-0.2, 0) is 23.0 Å². The third kappa shape index (κ3) is 6.42. The van der Waals surface area contributed by atoms with Gasteiger partial charge in [0.15, 0.2) is 5.96 Å². The molecule has 1 fully saturated rings. The predicted octanol–water partition coefficient (Wildman–Crippen LogP) is 3.97. The molecule has 8 heteroatoms. The molecule has 0 aromatic heterocycles. The van der Waals surface area contributed by atoms with Crippen LogP contribution in [0.4, 0.5) is 5.69 Å². The normalized spacial score (nSPS) is 15.6. The fraction of sp³-hybridized carbons (Fsp3) is 0.381. The number of nitrogens with one attached hydrogen (secondary N) is 1. The molecule has 0 atom stereocenters. The second kappa shape index (κ2) is 10.9. The van der Waals surface area contributed by atoms with Gasteiger partial charge in [-0.05, 0) is 54.7 Å². The number of benzene rings is 2. The standard InChI is InChI=1S/C21H28N4O2S.HI/c1-2-17-8-6-10-19(14-17)24-21(22)23-16-18-9-7-11-20(15-18)28(26,27)25-12-4-3-5-13-25;/h6-11,14-15H,2-5,12-13,16H2,1H3,(H3,22,23,24);1H. The molecule has 1 heterocycles. The summed E-state index contributed by atoms with van der Waals surface area (Å²) in [6.07, 6.45) is 3.88. The summed E-state index contributed by atoms with van der Waals surface area (Å²) in [6.45, 7) is 3.61. The third-order valence-corrected chi connectivity index (χ3v) is 6.79. The van der Waals surface area contributed by atoms with Crippen molar-refractivity contribution in [3.05, 3.63) is 59.7 Å². The first-order chi connectivity index (χ1) is 13.5. The zero-order chi connectivity index (χ0) is 20.0. The minimum atomic E-state index is -3.44. The second-order valence-corrected chi connectivity index (χ2v) is 8.93. The molecule has 1 saturated heterocycles. The first-order valence-electron chi connectivity index (χ1n) is 9.74. The smallest absolute Gasteiger partial charge is 0.243 e. The summed E-state index contributed by atoms with van der Waals surface area (Å²) in [6, 6.07) is 15.0. The van der Waals surface area contributed by atoms with Crippen molar-refractivity contribution in [1.29, 1.82) is 0 Å². The lowest BCUT2D eigenvalue weighted by Crippen LogP contribution is -2.35. The maximum atomic E-state index is 12.8. The summed E-state index contributed by atoms with van der Waals surface area (Å²) < 4.78 is 27.2. The maximum absolute atomic E-state index is 12.8. The molecule has 0 radical (unpaired) electrons. The van der Waals surface area contributed by atoms with Gasteiger partial charge in [-0.15, -0.1) is 24.0 Å². The Kier molecular flexibility index (Phi) is 8.91. The average Bonchev–Trinajstić information content (AvgIpc) is 2.73. The van der Waals surface area contributed by atoms with E-state index in [-0.39, 0.29) is 24.0 Å². The highest BCUT2D eigenvalue weighted by molar-refractivity contribution is 14.0. The molecule has 0 bridgehead atoms. The van der Waals surface area contributed by atoms with Gasteiger partial charge in [-0.25, -0.2) is 13.4 Å². The minimum absolute atomic E-state index is 0. The molecule has 0 spiro atoms. The van der Waals surface area contributed by atoms with E-state index in [1.54, 1.807) is 22.5 Å². The fourth-order valence-corrected chi connectivity index (χ4v) is 4.88. The molecule has 2 aromatic rings. The molecule has 2 aromatic carbocycles. The van der Waals surface area contributed by atoms with Crippen molar-refractivity contribution in [2.24, 2.45) is 10.7 Å². The van der Waals surface area contributed by atoms with Crippen molar-refractivity contribution in [2.75, 3.05) is 18.4 Å². The van der Waals surface area contributed by atoms with Gasteiger partial charge < -0.3 is 11.1 Å². The van der Waals surface area contributed by atoms with Gasteiger partial charge in [-0.2, -0.15) is 4.31 Å². The lowest BCUT2D eigenvalue weighted by atomic mass is 10.1. The van der Waals surface area contributed by atoms with E-state index in [1.165, 1.54) is 5.56 Å². The molecule has 0 unspecified atom stereocenters. The Balaban J connectivity index is 0.00000300. The van der Waals surface area contributed by atoms with Gasteiger partial charge in [0.1, 0.15) is 0 Å². The van der Waals surface area contributed by atoms with Crippen LogP contribution in [0, 0.1) is 0 Å². The third-order valence-electron chi connectivity index (χ3n) is 4.89. The van der Waals surface area contributed by atoms with Gasteiger partial charge in [0.05, 0.1) is 11.4 Å². The highest BCUT2D eigenvalue weighted by Gasteiger charge is 2.25. The van der Waals surface area contributed by atoms with Gasteiger partial charge in [0.2, 0.25) is 10.0 Å². The number of guanidine groups is 1. The SMILES string of the molecule is CCc1cccc(NC(N)=NCc2cccc(S(=O)(=O)N3CCCCC3)c2)c1.I. The van der Waals surface area contributed by atoms with E-state index in [4.69, 9.17) is 5.73 Å². The molecule has 1 aliphatic rings. The Hall–Kier alpha value is -1.65. The number of anilines is 1. The maximum Gasteiger partial charge on any atom is 0.243 e. The lowest BCUT2D eigenvalue weighted by Gasteiger charge is -2.26. The number of piperidine rings is 1. The number of halogens is 1. The zero-order valence-electron chi connectivity index (χ0n) is 16.7. The van der Waals surface area contributed by atoms with Gasteiger partial charge in [-0.1, -0.05) is 37.6 Å². The van der Waals surface area contributed by atoms with Crippen molar-refractivity contribution in [3.8, 4) is 0 Å². The number of aryl methyl sites for hydroxylation is 1. The van der Waals surface area contributed by atoms with Crippen molar-refractivity contribution in [3.63, 3.8) is 0 Å². The molecule has 6 nitrogen and oxygen atoms in total. The summed E-state index contributed by atoms with van der Waals surface area (Å²) in [5, 5.41) is 3.08. The Morgan fingerprint density at radius 2 is 1.76 bits per heavy atom. The fourth-order valence-electron chi connectivity index (χ4n) is 3.29. The molecule has 3 rings (SSSR count). The van der Waals surface area contributed by atoms with Gasteiger partial charge in [0, 0.05) is 18.8 Å². The molecule has 0 saturated carbocycles. The van der Waals surface area contributed by atoms with Crippen LogP contribution in [0.25, 0.3) is 0 Å². The van der Waals surface area contributed by atoms with E-state index < -0.39 is 10.0 Å². The highest BCUT2D eigenvalue weighted by atomic mass is 127. The lowest BCUT2D eigenvalue weighted by molar-refractivity contribution is 0.346. The average molecular weight is 528 g/mol. The van der Waals surface area contributed by atoms with E-state index in [0.717, 1.165) is 36.9 Å². The number of rotatable bonds is 6. The van der Waals surface area contributed by atoms with E-state index in [2.05, 4.69) is 23.3 Å². The molecule has 0 aliphatic carbocycles. The first kappa shape index (κ1) is 23.6. The van der Waals surface area contributed by atoms with Crippen molar-refractivity contribution in [1.82, 2.24) is 4.31 Å². The number of nitrogens with two attached hydrogens (primary N) is 1. The van der Waals surface area contributed by atoms with Gasteiger partial charge in [0.25, 0.3) is 0 Å². The summed E-state index contributed by atoms with van der Waals surface area (Å²) in [5.74, 6) is 0.303. The topological polar surface area (TPSA) is 87.8 Å². The molecule has 1 aliphatic heterocycles. The molecular weight excluding hydrogens is 499 g/mol. The van der Waals surface area contributed by atoms with Crippen LogP contribution < -0.4 is 11.1 Å². The van der Waals surface area contributed by atoms with Crippen LogP contribution in [0.5, 0.6) is 0 Å². The Labute approximate surface area is 190 Å².